The van der Waals surface area contributed by atoms with Crippen LogP contribution in [-0.2, 0) is 33.9 Å². The van der Waals surface area contributed by atoms with Crippen molar-refractivity contribution < 1.29 is 23.8 Å². The number of ether oxygens (including phenoxy) is 3. The molecule has 6 heteroatoms. The van der Waals surface area contributed by atoms with Crippen LogP contribution in [0.1, 0.15) is 40.7 Å². The molecule has 40 heavy (non-hydrogen) atoms. The van der Waals surface area contributed by atoms with Crippen LogP contribution in [0.5, 0.6) is 11.5 Å². The average Bonchev–Trinajstić information content (AvgIpc) is 3.01. The largest absolute Gasteiger partial charge is 0.493 e. The van der Waals surface area contributed by atoms with Gasteiger partial charge in [0.15, 0.2) is 11.5 Å². The fourth-order valence-electron chi connectivity index (χ4n) is 5.28. The molecule has 204 valence electrons. The Kier molecular flexibility index (Phi) is 8.45. The minimum atomic E-state index is -0.805. The summed E-state index contributed by atoms with van der Waals surface area (Å²) in [7, 11) is 1.60. The second kappa shape index (κ2) is 12.5. The van der Waals surface area contributed by atoms with Gasteiger partial charge in [-0.25, -0.2) is 4.79 Å². The number of carbonyl (C=O) groups is 2. The summed E-state index contributed by atoms with van der Waals surface area (Å²) in [5.41, 5.74) is 4.53. The van der Waals surface area contributed by atoms with E-state index >= 15 is 0 Å². The van der Waals surface area contributed by atoms with Crippen LogP contribution in [0.15, 0.2) is 103 Å². The predicted molar refractivity (Wildman–Crippen MR) is 153 cm³/mol. The van der Waals surface area contributed by atoms with E-state index in [1.807, 2.05) is 103 Å². The van der Waals surface area contributed by atoms with Gasteiger partial charge >= 0.3 is 5.97 Å². The van der Waals surface area contributed by atoms with Gasteiger partial charge in [0.1, 0.15) is 12.6 Å². The first-order chi connectivity index (χ1) is 19.6. The van der Waals surface area contributed by atoms with Crippen molar-refractivity contribution in [3.63, 3.8) is 0 Å². The van der Waals surface area contributed by atoms with E-state index in [2.05, 4.69) is 0 Å². The Morgan fingerprint density at radius 2 is 1.45 bits per heavy atom. The second-order valence-corrected chi connectivity index (χ2v) is 9.70. The Balaban J connectivity index is 1.54. The van der Waals surface area contributed by atoms with E-state index in [9.17, 15) is 9.59 Å². The molecule has 0 saturated heterocycles. The van der Waals surface area contributed by atoms with Crippen molar-refractivity contribution in [3.05, 3.63) is 131 Å². The molecule has 0 radical (unpaired) electrons. The Hall–Kier alpha value is -4.58. The Bertz CT molecular complexity index is 1400. The van der Waals surface area contributed by atoms with Crippen molar-refractivity contribution in [3.8, 4) is 11.5 Å². The summed E-state index contributed by atoms with van der Waals surface area (Å²) < 4.78 is 17.4. The summed E-state index contributed by atoms with van der Waals surface area (Å²) in [6.07, 6.45) is 0.261. The van der Waals surface area contributed by atoms with E-state index in [1.54, 1.807) is 18.9 Å². The molecule has 1 unspecified atom stereocenters. The van der Waals surface area contributed by atoms with Crippen LogP contribution in [0.25, 0.3) is 0 Å². The second-order valence-electron chi connectivity index (χ2n) is 9.70. The molecule has 4 aromatic carbocycles. The first kappa shape index (κ1) is 27.0. The van der Waals surface area contributed by atoms with E-state index in [0.29, 0.717) is 18.1 Å². The molecule has 1 aliphatic rings. The number of fused-ring (bicyclic) bond motifs is 1. The van der Waals surface area contributed by atoms with Gasteiger partial charge in [0.05, 0.1) is 19.6 Å². The van der Waals surface area contributed by atoms with Gasteiger partial charge in [-0.2, -0.15) is 0 Å². The van der Waals surface area contributed by atoms with Gasteiger partial charge in [-0.15, -0.1) is 0 Å². The maximum Gasteiger partial charge on any atom is 0.329 e. The molecule has 0 N–H and O–H groups in total. The zero-order valence-electron chi connectivity index (χ0n) is 22.8. The third kappa shape index (κ3) is 5.71. The smallest absolute Gasteiger partial charge is 0.329 e. The van der Waals surface area contributed by atoms with Gasteiger partial charge < -0.3 is 19.1 Å². The fourth-order valence-corrected chi connectivity index (χ4v) is 5.28. The number of amides is 1. The summed E-state index contributed by atoms with van der Waals surface area (Å²) in [6.45, 7) is 2.60. The van der Waals surface area contributed by atoms with Crippen LogP contribution >= 0.6 is 0 Å². The number of rotatable bonds is 9. The predicted octanol–water partition coefficient (Wildman–Crippen LogP) is 5.92. The highest BCUT2D eigenvalue weighted by molar-refractivity contribution is 5.92. The van der Waals surface area contributed by atoms with E-state index in [1.165, 1.54) is 0 Å². The van der Waals surface area contributed by atoms with Crippen molar-refractivity contribution in [1.82, 2.24) is 4.90 Å². The highest BCUT2D eigenvalue weighted by atomic mass is 16.5. The zero-order valence-corrected chi connectivity index (χ0v) is 22.8. The molecule has 0 saturated carbocycles. The van der Waals surface area contributed by atoms with Crippen LogP contribution in [-0.4, -0.2) is 36.5 Å². The molecule has 1 heterocycles. The minimum Gasteiger partial charge on any atom is -0.493 e. The first-order valence-corrected chi connectivity index (χ1v) is 13.5. The molecule has 4 aromatic rings. The standard InChI is InChI=1S/C34H33NO5/c1-3-39-34(37)29-21-28-27(19-20-30(38-2)32(28)40-23-24-13-7-4-8-14-24)22-35(29)33(36)31(25-15-9-5-10-16-25)26-17-11-6-12-18-26/h4-20,29,31H,3,21-23H2,1-2H3. The minimum absolute atomic E-state index is 0.149. The topological polar surface area (TPSA) is 65.1 Å². The van der Waals surface area contributed by atoms with Gasteiger partial charge in [0.25, 0.3) is 0 Å². The number of carbonyl (C=O) groups excluding carboxylic acids is 2. The zero-order chi connectivity index (χ0) is 27.9. The molecular weight excluding hydrogens is 502 g/mol. The van der Waals surface area contributed by atoms with E-state index < -0.39 is 17.9 Å². The van der Waals surface area contributed by atoms with Gasteiger partial charge in [0, 0.05) is 18.5 Å². The van der Waals surface area contributed by atoms with E-state index in [-0.39, 0.29) is 25.5 Å². The summed E-state index contributed by atoms with van der Waals surface area (Å²) in [4.78, 5) is 29.4. The highest BCUT2D eigenvalue weighted by Gasteiger charge is 2.40. The lowest BCUT2D eigenvalue weighted by molar-refractivity contribution is -0.156. The lowest BCUT2D eigenvalue weighted by Crippen LogP contribution is -2.51. The maximum atomic E-state index is 14.4. The number of methoxy groups -OCH3 is 1. The van der Waals surface area contributed by atoms with E-state index in [0.717, 1.165) is 27.8 Å². The fraction of sp³-hybridized carbons (Fsp3) is 0.235. The van der Waals surface area contributed by atoms with Crippen LogP contribution < -0.4 is 9.47 Å². The van der Waals surface area contributed by atoms with Crippen LogP contribution in [0.2, 0.25) is 0 Å². The van der Waals surface area contributed by atoms with Crippen molar-refractivity contribution in [2.75, 3.05) is 13.7 Å². The molecule has 1 atom stereocenters. The Morgan fingerprint density at radius 3 is 2.02 bits per heavy atom. The Morgan fingerprint density at radius 1 is 0.850 bits per heavy atom. The number of benzene rings is 4. The number of nitrogens with zero attached hydrogens (tertiary/aromatic N) is 1. The molecule has 0 spiro atoms. The summed E-state index contributed by atoms with van der Waals surface area (Å²) in [5, 5.41) is 0. The van der Waals surface area contributed by atoms with Gasteiger partial charge in [-0.05, 0) is 35.2 Å². The Labute approximate surface area is 235 Å². The van der Waals surface area contributed by atoms with Gasteiger partial charge in [-0.3, -0.25) is 4.79 Å². The summed E-state index contributed by atoms with van der Waals surface area (Å²) >= 11 is 0. The molecule has 1 amide bonds. The average molecular weight is 536 g/mol. The summed E-state index contributed by atoms with van der Waals surface area (Å²) in [5.74, 6) is 0.0336. The molecule has 0 bridgehead atoms. The first-order valence-electron chi connectivity index (χ1n) is 13.5. The monoisotopic (exact) mass is 535 g/mol. The lowest BCUT2D eigenvalue weighted by Gasteiger charge is -2.38. The van der Waals surface area contributed by atoms with E-state index in [4.69, 9.17) is 14.2 Å². The highest BCUT2D eigenvalue weighted by Crippen LogP contribution is 2.40. The van der Waals surface area contributed by atoms with Gasteiger partial charge in [-0.1, -0.05) is 97.1 Å². The van der Waals surface area contributed by atoms with Crippen LogP contribution in [0, 0.1) is 0 Å². The molecule has 0 fully saturated rings. The molecule has 0 aromatic heterocycles. The number of hydrogen-bond donors (Lipinski definition) is 0. The maximum absolute atomic E-state index is 14.4. The molecule has 6 nitrogen and oxygen atoms in total. The van der Waals surface area contributed by atoms with Crippen molar-refractivity contribution in [2.24, 2.45) is 0 Å². The van der Waals surface area contributed by atoms with Crippen molar-refractivity contribution >= 4 is 11.9 Å². The third-order valence-electron chi connectivity index (χ3n) is 7.24. The lowest BCUT2D eigenvalue weighted by atomic mass is 9.86. The normalized spacial score (nSPS) is 14.4. The molecular formula is C34H33NO5. The number of esters is 1. The van der Waals surface area contributed by atoms with Crippen LogP contribution in [0.3, 0.4) is 0 Å². The molecule has 1 aliphatic heterocycles. The van der Waals surface area contributed by atoms with Crippen molar-refractivity contribution in [1.29, 1.82) is 0 Å². The molecule has 0 aliphatic carbocycles. The number of hydrogen-bond acceptors (Lipinski definition) is 5. The SMILES string of the molecule is CCOC(=O)C1Cc2c(ccc(OC)c2OCc2ccccc2)CN1C(=O)C(c1ccccc1)c1ccccc1. The van der Waals surface area contributed by atoms with Crippen molar-refractivity contribution in [2.45, 2.75) is 38.5 Å². The van der Waals surface area contributed by atoms with Gasteiger partial charge in [0.2, 0.25) is 5.91 Å². The van der Waals surface area contributed by atoms with Crippen LogP contribution in [0.4, 0.5) is 0 Å². The molecule has 5 rings (SSSR count). The summed E-state index contributed by atoms with van der Waals surface area (Å²) in [6, 6.07) is 32.3. The quantitative estimate of drug-likeness (QED) is 0.249. The third-order valence-corrected chi connectivity index (χ3v) is 7.24.